The summed E-state index contributed by atoms with van der Waals surface area (Å²) in [7, 11) is 1.82. The van der Waals surface area contributed by atoms with Crippen LogP contribution in [0.4, 0.5) is 0 Å². The number of fused-ring (bicyclic) bond motifs is 1. The van der Waals surface area contributed by atoms with Crippen LogP contribution in [0.2, 0.25) is 0 Å². The van der Waals surface area contributed by atoms with Gasteiger partial charge in [0.1, 0.15) is 11.5 Å². The van der Waals surface area contributed by atoms with Crippen molar-refractivity contribution in [3.8, 4) is 11.5 Å². The van der Waals surface area contributed by atoms with Crippen LogP contribution in [0.15, 0.2) is 114 Å². The van der Waals surface area contributed by atoms with Gasteiger partial charge in [-0.05, 0) is 36.4 Å². The molecule has 1 aliphatic rings. The van der Waals surface area contributed by atoms with Crippen LogP contribution >= 0.6 is 0 Å². The molecule has 0 saturated heterocycles. The largest absolute Gasteiger partial charge is 0.463 e. The fourth-order valence-electron chi connectivity index (χ4n) is 4.62. The SMILES string of the molecule is CCCC[N+]1=C(c2ccccc2)c2ccccc2OC1Oc1ccccc1C(=NC)c1ccccc1. The summed E-state index contributed by atoms with van der Waals surface area (Å²) in [5.41, 5.74) is 6.21. The van der Waals surface area contributed by atoms with Crippen LogP contribution in [-0.2, 0) is 0 Å². The Labute approximate surface area is 213 Å². The molecule has 4 aromatic rings. The Morgan fingerprint density at radius 3 is 2.25 bits per heavy atom. The minimum atomic E-state index is -0.614. The van der Waals surface area contributed by atoms with Gasteiger partial charge in [0.05, 0.1) is 11.3 Å². The first-order valence-electron chi connectivity index (χ1n) is 12.5. The molecular formula is C32H31N2O2+. The minimum absolute atomic E-state index is 0.614. The molecule has 180 valence electrons. The van der Waals surface area contributed by atoms with Crippen LogP contribution in [0, 0.1) is 0 Å². The molecule has 0 aromatic heterocycles. The third-order valence-corrected chi connectivity index (χ3v) is 6.35. The number of aliphatic imine (C=N–C) groups is 1. The number of unbranched alkanes of at least 4 members (excludes halogenated alkanes) is 1. The first-order chi connectivity index (χ1) is 17.8. The van der Waals surface area contributed by atoms with Crippen molar-refractivity contribution in [2.45, 2.75) is 26.2 Å². The van der Waals surface area contributed by atoms with Gasteiger partial charge in [-0.25, -0.2) is 0 Å². The monoisotopic (exact) mass is 475 g/mol. The van der Waals surface area contributed by atoms with Gasteiger partial charge in [0.15, 0.2) is 6.54 Å². The summed E-state index contributed by atoms with van der Waals surface area (Å²) in [4.78, 5) is 4.63. The number of nitrogens with zero attached hydrogens (tertiary/aromatic N) is 2. The van der Waals surface area contributed by atoms with Gasteiger partial charge in [0.2, 0.25) is 5.71 Å². The molecule has 4 aromatic carbocycles. The molecule has 1 atom stereocenters. The molecule has 0 fully saturated rings. The summed E-state index contributed by atoms with van der Waals surface area (Å²) in [6.45, 7) is 3.02. The van der Waals surface area contributed by atoms with E-state index in [-0.39, 0.29) is 0 Å². The lowest BCUT2D eigenvalue weighted by Gasteiger charge is -2.27. The summed E-state index contributed by atoms with van der Waals surface area (Å²) < 4.78 is 15.5. The number of hydrogen-bond donors (Lipinski definition) is 0. The lowest BCUT2D eigenvalue weighted by Crippen LogP contribution is -2.45. The average Bonchev–Trinajstić information content (AvgIpc) is 2.94. The fraction of sp³-hybridized carbons (Fsp3) is 0.188. The van der Waals surface area contributed by atoms with E-state index in [2.05, 4.69) is 71.1 Å². The Morgan fingerprint density at radius 1 is 0.833 bits per heavy atom. The van der Waals surface area contributed by atoms with E-state index in [1.807, 2.05) is 61.6 Å². The Kier molecular flexibility index (Phi) is 7.23. The number of para-hydroxylation sites is 2. The third-order valence-electron chi connectivity index (χ3n) is 6.35. The molecular weight excluding hydrogens is 444 g/mol. The maximum atomic E-state index is 6.71. The molecule has 0 aliphatic carbocycles. The molecule has 1 heterocycles. The maximum absolute atomic E-state index is 6.71. The average molecular weight is 476 g/mol. The maximum Gasteiger partial charge on any atom is 0.463 e. The molecule has 0 spiro atoms. The topological polar surface area (TPSA) is 33.8 Å². The van der Waals surface area contributed by atoms with Crippen LogP contribution in [0.5, 0.6) is 11.5 Å². The molecule has 1 unspecified atom stereocenters. The predicted octanol–water partition coefficient (Wildman–Crippen LogP) is 6.56. The van der Waals surface area contributed by atoms with Gasteiger partial charge in [-0.1, -0.05) is 86.1 Å². The first kappa shape index (κ1) is 23.6. The zero-order valence-electron chi connectivity index (χ0n) is 20.8. The van der Waals surface area contributed by atoms with E-state index in [0.29, 0.717) is 0 Å². The molecule has 4 heteroatoms. The van der Waals surface area contributed by atoms with Gasteiger partial charge >= 0.3 is 6.41 Å². The zero-order valence-corrected chi connectivity index (χ0v) is 20.8. The van der Waals surface area contributed by atoms with Gasteiger partial charge in [-0.3, -0.25) is 4.99 Å². The zero-order chi connectivity index (χ0) is 24.7. The minimum Gasteiger partial charge on any atom is -0.401 e. The highest BCUT2D eigenvalue weighted by Gasteiger charge is 2.38. The van der Waals surface area contributed by atoms with Gasteiger partial charge in [0, 0.05) is 30.2 Å². The van der Waals surface area contributed by atoms with Gasteiger partial charge < -0.3 is 9.47 Å². The van der Waals surface area contributed by atoms with Crippen molar-refractivity contribution in [1.29, 1.82) is 0 Å². The smallest absolute Gasteiger partial charge is 0.401 e. The highest BCUT2D eigenvalue weighted by Crippen LogP contribution is 2.31. The van der Waals surface area contributed by atoms with Crippen molar-refractivity contribution >= 4 is 11.4 Å². The number of benzene rings is 4. The van der Waals surface area contributed by atoms with E-state index in [9.17, 15) is 0 Å². The van der Waals surface area contributed by atoms with Crippen LogP contribution < -0.4 is 9.47 Å². The van der Waals surface area contributed by atoms with Crippen LogP contribution in [0.3, 0.4) is 0 Å². The summed E-state index contributed by atoms with van der Waals surface area (Å²) in [6.07, 6.45) is 1.48. The van der Waals surface area contributed by atoms with E-state index in [1.54, 1.807) is 0 Å². The second-order valence-corrected chi connectivity index (χ2v) is 8.73. The molecule has 0 N–H and O–H groups in total. The standard InChI is InChI=1S/C32H31N2O2/c1-3-4-23-34-31(25-17-9-6-10-18-25)27-20-12-14-22-29(27)36-32(34)35-28-21-13-11-19-26(28)30(33-2)24-15-7-5-8-16-24/h5-22,32H,3-4,23H2,1-2H3/q+1. The Bertz CT molecular complexity index is 1380. The van der Waals surface area contributed by atoms with Crippen LogP contribution in [-0.4, -0.2) is 36.0 Å². The number of hydrogen-bond acceptors (Lipinski definition) is 3. The molecule has 0 radical (unpaired) electrons. The molecule has 1 aliphatic heterocycles. The molecule has 0 amide bonds. The van der Waals surface area contributed by atoms with Gasteiger partial charge in [-0.15, -0.1) is 0 Å². The Hall–Kier alpha value is -4.18. The Morgan fingerprint density at radius 2 is 1.50 bits per heavy atom. The second-order valence-electron chi connectivity index (χ2n) is 8.73. The van der Waals surface area contributed by atoms with Gasteiger partial charge in [0.25, 0.3) is 0 Å². The van der Waals surface area contributed by atoms with Crippen LogP contribution in [0.25, 0.3) is 0 Å². The summed E-state index contributed by atoms with van der Waals surface area (Å²) in [5.74, 6) is 1.55. The van der Waals surface area contributed by atoms with Gasteiger partial charge in [-0.2, -0.15) is 4.58 Å². The first-order valence-corrected chi connectivity index (χ1v) is 12.5. The van der Waals surface area contributed by atoms with Crippen molar-refractivity contribution in [1.82, 2.24) is 0 Å². The van der Waals surface area contributed by atoms with E-state index in [1.165, 1.54) is 0 Å². The second kappa shape index (κ2) is 11.0. The van der Waals surface area contributed by atoms with E-state index in [0.717, 1.165) is 64.6 Å². The number of ether oxygens (including phenoxy) is 2. The van der Waals surface area contributed by atoms with Crippen LogP contribution in [0.1, 0.15) is 42.0 Å². The quantitative estimate of drug-likeness (QED) is 0.214. The molecule has 36 heavy (non-hydrogen) atoms. The predicted molar refractivity (Wildman–Crippen MR) is 146 cm³/mol. The van der Waals surface area contributed by atoms with E-state index in [4.69, 9.17) is 9.47 Å². The summed E-state index contributed by atoms with van der Waals surface area (Å²) in [6, 6.07) is 37.0. The lowest BCUT2D eigenvalue weighted by atomic mass is 9.99. The van der Waals surface area contributed by atoms with Crippen molar-refractivity contribution in [2.75, 3.05) is 13.6 Å². The highest BCUT2D eigenvalue weighted by atomic mass is 16.7. The molecule has 5 rings (SSSR count). The van der Waals surface area contributed by atoms with Crippen molar-refractivity contribution in [3.05, 3.63) is 131 Å². The van der Waals surface area contributed by atoms with Crippen molar-refractivity contribution < 1.29 is 14.0 Å². The van der Waals surface area contributed by atoms with Crippen molar-refractivity contribution in [3.63, 3.8) is 0 Å². The summed E-state index contributed by atoms with van der Waals surface area (Å²) in [5, 5.41) is 0. The normalized spacial score (nSPS) is 15.3. The van der Waals surface area contributed by atoms with Crippen molar-refractivity contribution in [2.24, 2.45) is 4.99 Å². The van der Waals surface area contributed by atoms with E-state index >= 15 is 0 Å². The molecule has 0 bridgehead atoms. The molecule has 0 saturated carbocycles. The van der Waals surface area contributed by atoms with E-state index < -0.39 is 6.41 Å². The lowest BCUT2D eigenvalue weighted by molar-refractivity contribution is -0.643. The Balaban J connectivity index is 1.61. The summed E-state index contributed by atoms with van der Waals surface area (Å²) >= 11 is 0. The third kappa shape index (κ3) is 4.80. The fourth-order valence-corrected chi connectivity index (χ4v) is 4.62. The number of rotatable bonds is 8. The molecule has 4 nitrogen and oxygen atoms in total. The highest BCUT2D eigenvalue weighted by molar-refractivity contribution is 6.14.